The molecule has 3 aromatic carbocycles. The maximum Gasteiger partial charge on any atom is 0.261 e. The van der Waals surface area contributed by atoms with Crippen molar-refractivity contribution in [2.45, 2.75) is 4.90 Å². The highest BCUT2D eigenvalue weighted by Crippen LogP contribution is 2.32. The SMILES string of the molecule is Nc1c(Cl)cc(NS(=O)(=O)c2ccc3ccccc3c2)cc1Cl. The van der Waals surface area contributed by atoms with Crippen LogP contribution in [0.15, 0.2) is 59.5 Å². The van der Waals surface area contributed by atoms with Crippen LogP contribution in [-0.2, 0) is 10.0 Å². The lowest BCUT2D eigenvalue weighted by Gasteiger charge is -2.11. The fourth-order valence-electron chi connectivity index (χ4n) is 2.19. The van der Waals surface area contributed by atoms with E-state index in [-0.39, 0.29) is 26.3 Å². The monoisotopic (exact) mass is 366 g/mol. The minimum absolute atomic E-state index is 0.153. The first-order valence-electron chi connectivity index (χ1n) is 6.63. The molecule has 3 aromatic rings. The molecule has 0 saturated carbocycles. The van der Waals surface area contributed by atoms with E-state index < -0.39 is 10.0 Å². The summed E-state index contributed by atoms with van der Waals surface area (Å²) < 4.78 is 27.5. The Morgan fingerprint density at radius 3 is 2.13 bits per heavy atom. The maximum absolute atomic E-state index is 12.5. The molecular formula is C16H12Cl2N2O2S. The van der Waals surface area contributed by atoms with Crippen molar-refractivity contribution in [2.75, 3.05) is 10.5 Å². The number of hydrogen-bond donors (Lipinski definition) is 2. The summed E-state index contributed by atoms with van der Waals surface area (Å²) in [4.78, 5) is 0.153. The van der Waals surface area contributed by atoms with Gasteiger partial charge >= 0.3 is 0 Å². The largest absolute Gasteiger partial charge is 0.396 e. The average molecular weight is 367 g/mol. The Hall–Kier alpha value is -1.95. The van der Waals surface area contributed by atoms with Crippen molar-refractivity contribution in [3.63, 3.8) is 0 Å². The molecule has 4 nitrogen and oxygen atoms in total. The third-order valence-electron chi connectivity index (χ3n) is 3.36. The van der Waals surface area contributed by atoms with Gasteiger partial charge in [0.2, 0.25) is 0 Å². The highest BCUT2D eigenvalue weighted by molar-refractivity contribution is 7.92. The van der Waals surface area contributed by atoms with Gasteiger partial charge in [0.05, 0.1) is 26.3 Å². The normalized spacial score (nSPS) is 11.6. The number of hydrogen-bond acceptors (Lipinski definition) is 3. The van der Waals surface area contributed by atoms with E-state index in [9.17, 15) is 8.42 Å². The fraction of sp³-hybridized carbons (Fsp3) is 0. The van der Waals surface area contributed by atoms with Gasteiger partial charge in [0.25, 0.3) is 10.0 Å². The predicted molar refractivity (Wildman–Crippen MR) is 95.6 cm³/mol. The summed E-state index contributed by atoms with van der Waals surface area (Å²) >= 11 is 11.9. The first-order chi connectivity index (χ1) is 10.9. The molecule has 23 heavy (non-hydrogen) atoms. The molecule has 0 atom stereocenters. The molecule has 0 aliphatic heterocycles. The van der Waals surface area contributed by atoms with Gasteiger partial charge in [0.15, 0.2) is 0 Å². The minimum Gasteiger partial charge on any atom is -0.396 e. The van der Waals surface area contributed by atoms with Crippen LogP contribution in [0.5, 0.6) is 0 Å². The van der Waals surface area contributed by atoms with Gasteiger partial charge in [-0.3, -0.25) is 4.72 Å². The van der Waals surface area contributed by atoms with Crippen LogP contribution in [0.3, 0.4) is 0 Å². The zero-order valence-electron chi connectivity index (χ0n) is 11.8. The lowest BCUT2D eigenvalue weighted by atomic mass is 10.1. The van der Waals surface area contributed by atoms with E-state index in [4.69, 9.17) is 28.9 Å². The number of fused-ring (bicyclic) bond motifs is 1. The quantitative estimate of drug-likeness (QED) is 0.668. The summed E-state index contributed by atoms with van der Waals surface area (Å²) in [7, 11) is -3.76. The second-order valence-corrected chi connectivity index (χ2v) is 7.46. The Labute approximate surface area is 143 Å². The van der Waals surface area contributed by atoms with Gasteiger partial charge in [0, 0.05) is 0 Å². The summed E-state index contributed by atoms with van der Waals surface area (Å²) in [5, 5.41) is 2.18. The van der Waals surface area contributed by atoms with E-state index in [0.29, 0.717) is 0 Å². The summed E-state index contributed by atoms with van der Waals surface area (Å²) in [6, 6.07) is 15.3. The van der Waals surface area contributed by atoms with Crippen LogP contribution in [0, 0.1) is 0 Å². The first-order valence-corrected chi connectivity index (χ1v) is 8.87. The van der Waals surface area contributed by atoms with Crippen LogP contribution < -0.4 is 10.5 Å². The van der Waals surface area contributed by atoms with Crippen molar-refractivity contribution in [2.24, 2.45) is 0 Å². The number of anilines is 2. The minimum atomic E-state index is -3.76. The molecule has 0 spiro atoms. The summed E-state index contributed by atoms with van der Waals surface area (Å²) in [5.41, 5.74) is 6.11. The molecule has 0 amide bonds. The van der Waals surface area contributed by atoms with Crippen LogP contribution in [0.25, 0.3) is 10.8 Å². The smallest absolute Gasteiger partial charge is 0.261 e. The Bertz CT molecular complexity index is 981. The van der Waals surface area contributed by atoms with Crippen molar-refractivity contribution < 1.29 is 8.42 Å². The van der Waals surface area contributed by atoms with Crippen LogP contribution >= 0.6 is 23.2 Å². The van der Waals surface area contributed by atoms with Crippen molar-refractivity contribution in [3.05, 3.63) is 64.6 Å². The molecule has 0 aliphatic carbocycles. The second kappa shape index (κ2) is 5.92. The number of halogens is 2. The van der Waals surface area contributed by atoms with Crippen molar-refractivity contribution >= 4 is 55.4 Å². The van der Waals surface area contributed by atoms with Crippen molar-refractivity contribution in [1.82, 2.24) is 0 Å². The molecular weight excluding hydrogens is 355 g/mol. The molecule has 0 radical (unpaired) electrons. The molecule has 3 rings (SSSR count). The zero-order valence-corrected chi connectivity index (χ0v) is 14.1. The second-order valence-electron chi connectivity index (χ2n) is 4.97. The topological polar surface area (TPSA) is 72.2 Å². The predicted octanol–water partition coefficient (Wildman–Crippen LogP) is 4.53. The third-order valence-corrected chi connectivity index (χ3v) is 5.37. The summed E-state index contributed by atoms with van der Waals surface area (Å²) in [6.45, 7) is 0. The molecule has 0 aromatic heterocycles. The van der Waals surface area contributed by atoms with Gasteiger partial charge in [-0.05, 0) is 35.0 Å². The Balaban J connectivity index is 2.00. The lowest BCUT2D eigenvalue weighted by molar-refractivity contribution is 0.601. The highest BCUT2D eigenvalue weighted by Gasteiger charge is 2.16. The molecule has 0 heterocycles. The Morgan fingerprint density at radius 1 is 0.870 bits per heavy atom. The average Bonchev–Trinajstić information content (AvgIpc) is 2.51. The van der Waals surface area contributed by atoms with Crippen LogP contribution in [-0.4, -0.2) is 8.42 Å². The molecule has 118 valence electrons. The van der Waals surface area contributed by atoms with E-state index in [0.717, 1.165) is 10.8 Å². The van der Waals surface area contributed by atoms with E-state index >= 15 is 0 Å². The van der Waals surface area contributed by atoms with E-state index in [1.807, 2.05) is 24.3 Å². The first kappa shape index (κ1) is 15.9. The molecule has 3 N–H and O–H groups in total. The van der Waals surface area contributed by atoms with Gasteiger partial charge in [-0.1, -0.05) is 53.5 Å². The molecule has 0 aliphatic rings. The molecule has 0 unspecified atom stereocenters. The van der Waals surface area contributed by atoms with Crippen LogP contribution in [0.2, 0.25) is 10.0 Å². The fourth-order valence-corrected chi connectivity index (χ4v) is 3.75. The number of nitrogen functional groups attached to an aromatic ring is 1. The zero-order chi connectivity index (χ0) is 16.6. The Morgan fingerprint density at radius 2 is 1.48 bits per heavy atom. The lowest BCUT2D eigenvalue weighted by Crippen LogP contribution is -2.13. The number of sulfonamides is 1. The maximum atomic E-state index is 12.5. The van der Waals surface area contributed by atoms with Crippen LogP contribution in [0.1, 0.15) is 0 Å². The van der Waals surface area contributed by atoms with Gasteiger partial charge < -0.3 is 5.73 Å². The van der Waals surface area contributed by atoms with E-state index in [1.54, 1.807) is 18.2 Å². The molecule has 7 heteroatoms. The number of benzene rings is 3. The number of nitrogens with one attached hydrogen (secondary N) is 1. The molecule has 0 bridgehead atoms. The standard InChI is InChI=1S/C16H12Cl2N2O2S/c17-14-8-12(9-15(18)16(14)19)20-23(21,22)13-6-5-10-3-1-2-4-11(10)7-13/h1-9,20H,19H2. The van der Waals surface area contributed by atoms with E-state index in [1.165, 1.54) is 12.1 Å². The molecule has 0 fully saturated rings. The number of rotatable bonds is 3. The number of nitrogens with two attached hydrogens (primary N) is 1. The van der Waals surface area contributed by atoms with Gasteiger partial charge in [-0.15, -0.1) is 0 Å². The van der Waals surface area contributed by atoms with Gasteiger partial charge in [-0.25, -0.2) is 8.42 Å². The van der Waals surface area contributed by atoms with Gasteiger partial charge in [0.1, 0.15) is 0 Å². The van der Waals surface area contributed by atoms with Crippen molar-refractivity contribution in [1.29, 1.82) is 0 Å². The third kappa shape index (κ3) is 3.22. The summed E-state index contributed by atoms with van der Waals surface area (Å²) in [5.74, 6) is 0. The van der Waals surface area contributed by atoms with Gasteiger partial charge in [-0.2, -0.15) is 0 Å². The van der Waals surface area contributed by atoms with Crippen LogP contribution in [0.4, 0.5) is 11.4 Å². The summed E-state index contributed by atoms with van der Waals surface area (Å²) in [6.07, 6.45) is 0. The van der Waals surface area contributed by atoms with Crippen molar-refractivity contribution in [3.8, 4) is 0 Å². The Kier molecular flexibility index (Phi) is 4.10. The van der Waals surface area contributed by atoms with E-state index in [2.05, 4.69) is 4.72 Å². The molecule has 0 saturated heterocycles. The highest BCUT2D eigenvalue weighted by atomic mass is 35.5.